The number of primary amides is 1. The molecular formula is C10H19ClN2O3. The number of nitrogens with two attached hydrogens (primary N) is 1. The van der Waals surface area contributed by atoms with Crippen LogP contribution in [0, 0.1) is 0 Å². The first-order chi connectivity index (χ1) is 6.93. The van der Waals surface area contributed by atoms with E-state index in [4.69, 9.17) is 4.74 Å². The fraction of sp³-hybridized carbons (Fsp3) is 0.400. The maximum atomic E-state index is 10.4. The van der Waals surface area contributed by atoms with Gasteiger partial charge in [0.2, 0.25) is 5.91 Å². The predicted octanol–water partition coefficient (Wildman–Crippen LogP) is 0.357. The van der Waals surface area contributed by atoms with Crippen LogP contribution in [0.15, 0.2) is 25.3 Å². The van der Waals surface area contributed by atoms with Gasteiger partial charge in [-0.05, 0) is 20.2 Å². The normalized spacial score (nSPS) is 7.94. The molecule has 5 nitrogen and oxygen atoms in total. The molecule has 0 aromatic rings. The molecule has 0 fully saturated rings. The Hall–Kier alpha value is -1.33. The number of hydrogen-bond donors (Lipinski definition) is 1. The molecule has 0 bridgehead atoms. The van der Waals surface area contributed by atoms with E-state index in [2.05, 4.69) is 18.9 Å². The van der Waals surface area contributed by atoms with Crippen LogP contribution in [-0.4, -0.2) is 44.0 Å². The summed E-state index contributed by atoms with van der Waals surface area (Å²) in [6, 6.07) is 0. The molecule has 0 heterocycles. The fourth-order valence-electron chi connectivity index (χ4n) is 0.388. The van der Waals surface area contributed by atoms with Gasteiger partial charge in [0.15, 0.2) is 0 Å². The van der Waals surface area contributed by atoms with Crippen LogP contribution < -0.4 is 5.73 Å². The van der Waals surface area contributed by atoms with Crippen LogP contribution in [0.5, 0.6) is 0 Å². The summed E-state index contributed by atoms with van der Waals surface area (Å²) < 4.78 is 4.70. The van der Waals surface area contributed by atoms with Crippen LogP contribution in [-0.2, 0) is 14.3 Å². The number of amides is 1. The van der Waals surface area contributed by atoms with Crippen molar-refractivity contribution in [3.63, 3.8) is 0 Å². The lowest BCUT2D eigenvalue weighted by molar-refractivity contribution is -0.138. The summed E-state index contributed by atoms with van der Waals surface area (Å²) in [5.74, 6) is -0.841. The summed E-state index contributed by atoms with van der Waals surface area (Å²) in [5.41, 5.74) is 4.53. The Labute approximate surface area is 102 Å². The van der Waals surface area contributed by atoms with Crippen molar-refractivity contribution >= 4 is 24.3 Å². The van der Waals surface area contributed by atoms with Crippen LogP contribution in [0.3, 0.4) is 0 Å². The van der Waals surface area contributed by atoms with Crippen molar-refractivity contribution in [2.75, 3.05) is 27.2 Å². The predicted molar refractivity (Wildman–Crippen MR) is 66.3 cm³/mol. The summed E-state index contributed by atoms with van der Waals surface area (Å²) in [7, 11) is 3.84. The van der Waals surface area contributed by atoms with Crippen LogP contribution in [0.2, 0.25) is 0 Å². The Morgan fingerprint density at radius 3 is 2.00 bits per heavy atom. The number of esters is 1. The molecule has 1 amide bonds. The number of carbonyl (C=O) groups excluding carboxylic acids is 2. The van der Waals surface area contributed by atoms with Gasteiger partial charge in [-0.2, -0.15) is 0 Å². The van der Waals surface area contributed by atoms with Gasteiger partial charge in [-0.15, -0.1) is 12.4 Å². The lowest BCUT2D eigenvalue weighted by Gasteiger charge is -2.07. The highest BCUT2D eigenvalue weighted by atomic mass is 35.5. The molecule has 0 aromatic carbocycles. The third kappa shape index (κ3) is 23.0. The molecule has 0 aliphatic heterocycles. The minimum Gasteiger partial charge on any atom is -0.461 e. The number of carbonyl (C=O) groups is 2. The lowest BCUT2D eigenvalue weighted by Crippen LogP contribution is -2.19. The number of rotatable bonds is 5. The maximum Gasteiger partial charge on any atom is 0.330 e. The molecule has 16 heavy (non-hydrogen) atoms. The molecule has 0 unspecified atom stereocenters. The molecule has 0 saturated carbocycles. The van der Waals surface area contributed by atoms with Gasteiger partial charge in [-0.3, -0.25) is 4.79 Å². The van der Waals surface area contributed by atoms with E-state index in [9.17, 15) is 9.59 Å². The Bertz CT molecular complexity index is 230. The van der Waals surface area contributed by atoms with E-state index < -0.39 is 5.91 Å². The lowest BCUT2D eigenvalue weighted by atomic mass is 10.6. The van der Waals surface area contributed by atoms with E-state index in [1.165, 1.54) is 0 Å². The summed E-state index contributed by atoms with van der Waals surface area (Å²) in [4.78, 5) is 21.8. The smallest absolute Gasteiger partial charge is 0.330 e. The number of hydrogen-bond acceptors (Lipinski definition) is 4. The van der Waals surface area contributed by atoms with Gasteiger partial charge in [0.25, 0.3) is 0 Å². The highest BCUT2D eigenvalue weighted by molar-refractivity contribution is 5.85. The standard InChI is InChI=1S/C7H13NO2.C3H5NO.ClH/c1-4-7(9)10-6-5-8(2)3;1-2-3(4)5;/h4H,1,5-6H2,2-3H3;2H,1H2,(H2,4,5);1H. The van der Waals surface area contributed by atoms with E-state index in [0.29, 0.717) is 6.61 Å². The number of likely N-dealkylation sites (N-methyl/N-ethyl adjacent to an activating group) is 1. The van der Waals surface area contributed by atoms with Crippen molar-refractivity contribution in [2.24, 2.45) is 5.73 Å². The molecule has 0 saturated heterocycles. The first-order valence-electron chi connectivity index (χ1n) is 4.29. The van der Waals surface area contributed by atoms with Gasteiger partial charge < -0.3 is 15.4 Å². The Morgan fingerprint density at radius 1 is 1.31 bits per heavy atom. The summed E-state index contributed by atoms with van der Waals surface area (Å²) >= 11 is 0. The largest absolute Gasteiger partial charge is 0.461 e. The molecular weight excluding hydrogens is 232 g/mol. The monoisotopic (exact) mass is 250 g/mol. The first kappa shape index (κ1) is 20.1. The second kappa shape index (κ2) is 13.7. The van der Waals surface area contributed by atoms with E-state index in [1.807, 2.05) is 19.0 Å². The van der Waals surface area contributed by atoms with Crippen molar-refractivity contribution < 1.29 is 14.3 Å². The van der Waals surface area contributed by atoms with Crippen molar-refractivity contribution in [1.29, 1.82) is 0 Å². The van der Waals surface area contributed by atoms with E-state index in [1.54, 1.807) is 0 Å². The Morgan fingerprint density at radius 2 is 1.75 bits per heavy atom. The first-order valence-corrected chi connectivity index (χ1v) is 4.29. The minimum absolute atomic E-state index is 0. The van der Waals surface area contributed by atoms with Gasteiger partial charge in [0.1, 0.15) is 6.61 Å². The van der Waals surface area contributed by atoms with Crippen LogP contribution in [0.1, 0.15) is 0 Å². The quantitative estimate of drug-likeness (QED) is 0.565. The van der Waals surface area contributed by atoms with Crippen molar-refractivity contribution in [2.45, 2.75) is 0 Å². The number of nitrogens with zero attached hydrogens (tertiary/aromatic N) is 1. The number of ether oxygens (including phenoxy) is 1. The van der Waals surface area contributed by atoms with E-state index in [-0.39, 0.29) is 18.4 Å². The minimum atomic E-state index is -0.481. The van der Waals surface area contributed by atoms with Gasteiger partial charge in [0, 0.05) is 12.6 Å². The Kier molecular flexibility index (Phi) is 17.2. The Balaban J connectivity index is -0.000000242. The summed E-state index contributed by atoms with van der Waals surface area (Å²) in [5, 5.41) is 0. The molecule has 0 aliphatic rings. The van der Waals surface area contributed by atoms with Crippen LogP contribution in [0.25, 0.3) is 0 Å². The zero-order valence-corrected chi connectivity index (χ0v) is 10.5. The van der Waals surface area contributed by atoms with Gasteiger partial charge >= 0.3 is 5.97 Å². The van der Waals surface area contributed by atoms with E-state index in [0.717, 1.165) is 18.7 Å². The zero-order valence-electron chi connectivity index (χ0n) is 9.64. The molecule has 0 atom stereocenters. The summed E-state index contributed by atoms with van der Waals surface area (Å²) in [6.07, 6.45) is 2.22. The molecule has 0 aliphatic carbocycles. The van der Waals surface area contributed by atoms with Crippen molar-refractivity contribution in [1.82, 2.24) is 4.90 Å². The number of halogens is 1. The zero-order chi connectivity index (χ0) is 12.3. The van der Waals surface area contributed by atoms with Gasteiger partial charge in [0.05, 0.1) is 0 Å². The fourth-order valence-corrected chi connectivity index (χ4v) is 0.388. The highest BCUT2D eigenvalue weighted by Gasteiger charge is 1.94. The second-order valence-corrected chi connectivity index (χ2v) is 2.78. The van der Waals surface area contributed by atoms with Crippen molar-refractivity contribution in [3.8, 4) is 0 Å². The molecule has 0 aromatic heterocycles. The maximum absolute atomic E-state index is 10.4. The summed E-state index contributed by atoms with van der Waals surface area (Å²) in [6.45, 7) is 7.53. The molecule has 2 N–H and O–H groups in total. The van der Waals surface area contributed by atoms with Gasteiger partial charge in [-0.1, -0.05) is 13.2 Å². The molecule has 94 valence electrons. The third-order valence-electron chi connectivity index (χ3n) is 1.15. The molecule has 0 radical (unpaired) electrons. The molecule has 0 spiro atoms. The van der Waals surface area contributed by atoms with Crippen molar-refractivity contribution in [3.05, 3.63) is 25.3 Å². The third-order valence-corrected chi connectivity index (χ3v) is 1.15. The highest BCUT2D eigenvalue weighted by Crippen LogP contribution is 1.80. The average Bonchev–Trinajstić information content (AvgIpc) is 2.17. The average molecular weight is 251 g/mol. The molecule has 6 heteroatoms. The molecule has 0 rings (SSSR count). The topological polar surface area (TPSA) is 72.6 Å². The van der Waals surface area contributed by atoms with E-state index >= 15 is 0 Å². The SMILES string of the molecule is C=CC(=O)OCCN(C)C.C=CC(N)=O.Cl. The van der Waals surface area contributed by atoms with Gasteiger partial charge in [-0.25, -0.2) is 4.79 Å². The van der Waals surface area contributed by atoms with Crippen LogP contribution in [0.4, 0.5) is 0 Å². The second-order valence-electron chi connectivity index (χ2n) is 2.78. The van der Waals surface area contributed by atoms with Crippen LogP contribution >= 0.6 is 12.4 Å².